The van der Waals surface area contributed by atoms with Gasteiger partial charge in [-0.15, -0.1) is 0 Å². The van der Waals surface area contributed by atoms with Gasteiger partial charge in [-0.1, -0.05) is 50.8 Å². The van der Waals surface area contributed by atoms with Gasteiger partial charge >= 0.3 is 5.97 Å². The molecule has 146 valence electrons. The highest BCUT2D eigenvalue weighted by Crippen LogP contribution is 2.28. The molecular formula is C20H30O5S. The Morgan fingerprint density at radius 3 is 2.54 bits per heavy atom. The highest BCUT2D eigenvalue weighted by atomic mass is 32.2. The Labute approximate surface area is 157 Å². The fraction of sp³-hybridized carbons (Fsp3) is 0.650. The van der Waals surface area contributed by atoms with Crippen molar-refractivity contribution in [2.24, 2.45) is 0 Å². The number of rotatable bonds is 9. The fourth-order valence-corrected chi connectivity index (χ4v) is 4.87. The fourth-order valence-electron chi connectivity index (χ4n) is 3.38. The number of sulfone groups is 1. The van der Waals surface area contributed by atoms with Crippen LogP contribution in [0.4, 0.5) is 0 Å². The van der Waals surface area contributed by atoms with Gasteiger partial charge < -0.3 is 9.47 Å². The summed E-state index contributed by atoms with van der Waals surface area (Å²) in [6, 6.07) is 8.36. The SMILES string of the molecule is CCCCCC[C@@H]1CC[C@@H](OC(C)=O)[C@H](CS(=O)(=O)c2ccccc2)O1. The van der Waals surface area contributed by atoms with Gasteiger partial charge in [0.1, 0.15) is 12.2 Å². The molecule has 0 amide bonds. The Hall–Kier alpha value is -1.40. The summed E-state index contributed by atoms with van der Waals surface area (Å²) in [5, 5.41) is 0. The highest BCUT2D eigenvalue weighted by Gasteiger charge is 2.36. The van der Waals surface area contributed by atoms with Crippen molar-refractivity contribution in [3.63, 3.8) is 0 Å². The number of ether oxygens (including phenoxy) is 2. The Kier molecular flexibility index (Phi) is 8.10. The summed E-state index contributed by atoms with van der Waals surface area (Å²) in [6.45, 7) is 3.52. The van der Waals surface area contributed by atoms with Crippen molar-refractivity contribution in [3.05, 3.63) is 30.3 Å². The summed E-state index contributed by atoms with van der Waals surface area (Å²) in [4.78, 5) is 11.7. The van der Waals surface area contributed by atoms with Gasteiger partial charge in [0.2, 0.25) is 0 Å². The van der Waals surface area contributed by atoms with E-state index in [4.69, 9.17) is 9.47 Å². The van der Waals surface area contributed by atoms with Crippen LogP contribution in [0.15, 0.2) is 35.2 Å². The quantitative estimate of drug-likeness (QED) is 0.478. The van der Waals surface area contributed by atoms with Crippen molar-refractivity contribution in [1.82, 2.24) is 0 Å². The third-order valence-corrected chi connectivity index (χ3v) is 6.50. The lowest BCUT2D eigenvalue weighted by Crippen LogP contribution is -2.45. The lowest BCUT2D eigenvalue weighted by Gasteiger charge is -2.36. The molecule has 1 fully saturated rings. The van der Waals surface area contributed by atoms with E-state index < -0.39 is 28.0 Å². The van der Waals surface area contributed by atoms with Crippen LogP contribution in [-0.4, -0.2) is 38.5 Å². The maximum Gasteiger partial charge on any atom is 0.302 e. The lowest BCUT2D eigenvalue weighted by molar-refractivity contribution is -0.167. The minimum atomic E-state index is -3.50. The Bertz CT molecular complexity index is 656. The van der Waals surface area contributed by atoms with E-state index >= 15 is 0 Å². The smallest absolute Gasteiger partial charge is 0.302 e. The van der Waals surface area contributed by atoms with Crippen LogP contribution in [0.3, 0.4) is 0 Å². The first kappa shape index (κ1) is 20.9. The highest BCUT2D eigenvalue weighted by molar-refractivity contribution is 7.91. The van der Waals surface area contributed by atoms with Crippen molar-refractivity contribution in [2.45, 2.75) is 82.0 Å². The number of carbonyl (C=O) groups excluding carboxylic acids is 1. The molecule has 1 heterocycles. The van der Waals surface area contributed by atoms with Gasteiger partial charge in [-0.2, -0.15) is 0 Å². The van der Waals surface area contributed by atoms with Gasteiger partial charge in [-0.05, 0) is 31.4 Å². The van der Waals surface area contributed by atoms with E-state index in [1.165, 1.54) is 19.8 Å². The molecule has 0 spiro atoms. The van der Waals surface area contributed by atoms with E-state index in [1.807, 2.05) is 0 Å². The summed E-state index contributed by atoms with van der Waals surface area (Å²) < 4.78 is 36.9. The van der Waals surface area contributed by atoms with Crippen LogP contribution >= 0.6 is 0 Å². The summed E-state index contributed by atoms with van der Waals surface area (Å²) in [5.74, 6) is -0.567. The van der Waals surface area contributed by atoms with Gasteiger partial charge in [0.15, 0.2) is 9.84 Å². The van der Waals surface area contributed by atoms with Gasteiger partial charge in [-0.3, -0.25) is 4.79 Å². The summed E-state index contributed by atoms with van der Waals surface area (Å²) in [7, 11) is -3.50. The molecule has 1 aliphatic rings. The molecule has 0 radical (unpaired) electrons. The summed E-state index contributed by atoms with van der Waals surface area (Å²) >= 11 is 0. The molecule has 1 aromatic rings. The average molecular weight is 383 g/mol. The molecule has 1 aromatic carbocycles. The number of hydrogen-bond donors (Lipinski definition) is 0. The summed E-state index contributed by atoms with van der Waals surface area (Å²) in [5.41, 5.74) is 0. The van der Waals surface area contributed by atoms with Crippen LogP contribution in [0.5, 0.6) is 0 Å². The number of benzene rings is 1. The van der Waals surface area contributed by atoms with Gasteiger partial charge in [0.25, 0.3) is 0 Å². The molecule has 2 rings (SSSR count). The van der Waals surface area contributed by atoms with E-state index in [0.717, 1.165) is 25.7 Å². The van der Waals surface area contributed by atoms with Crippen molar-refractivity contribution >= 4 is 15.8 Å². The second kappa shape index (κ2) is 10.1. The number of carbonyl (C=O) groups is 1. The maximum atomic E-state index is 12.7. The van der Waals surface area contributed by atoms with Gasteiger partial charge in [0, 0.05) is 6.92 Å². The minimum absolute atomic E-state index is 0.0367. The Morgan fingerprint density at radius 1 is 1.15 bits per heavy atom. The van der Waals surface area contributed by atoms with E-state index in [2.05, 4.69) is 6.92 Å². The zero-order chi connectivity index (χ0) is 19.0. The number of hydrogen-bond acceptors (Lipinski definition) is 5. The first-order chi connectivity index (χ1) is 12.4. The van der Waals surface area contributed by atoms with Crippen molar-refractivity contribution in [3.8, 4) is 0 Å². The molecule has 26 heavy (non-hydrogen) atoms. The van der Waals surface area contributed by atoms with Crippen LogP contribution in [0.2, 0.25) is 0 Å². The lowest BCUT2D eigenvalue weighted by atomic mass is 9.97. The number of unbranched alkanes of at least 4 members (excludes halogenated alkanes) is 3. The molecule has 0 aliphatic carbocycles. The number of esters is 1. The topological polar surface area (TPSA) is 69.7 Å². The van der Waals surface area contributed by atoms with E-state index in [-0.39, 0.29) is 16.8 Å². The van der Waals surface area contributed by atoms with E-state index in [9.17, 15) is 13.2 Å². The van der Waals surface area contributed by atoms with Gasteiger partial charge in [-0.25, -0.2) is 8.42 Å². The molecule has 1 saturated heterocycles. The van der Waals surface area contributed by atoms with E-state index in [0.29, 0.717) is 6.42 Å². The van der Waals surface area contributed by atoms with Crippen LogP contribution < -0.4 is 0 Å². The summed E-state index contributed by atoms with van der Waals surface area (Å²) in [6.07, 6.45) is 5.91. The zero-order valence-electron chi connectivity index (χ0n) is 15.7. The predicted octanol–water partition coefficient (Wildman–Crippen LogP) is 3.91. The normalized spacial score (nSPS) is 23.5. The minimum Gasteiger partial charge on any atom is -0.460 e. The second-order valence-electron chi connectivity index (χ2n) is 6.97. The van der Waals surface area contributed by atoms with Crippen LogP contribution in [0, 0.1) is 0 Å². The molecule has 0 unspecified atom stereocenters. The van der Waals surface area contributed by atoms with Crippen molar-refractivity contribution in [1.29, 1.82) is 0 Å². The Morgan fingerprint density at radius 2 is 1.88 bits per heavy atom. The second-order valence-corrected chi connectivity index (χ2v) is 9.00. The van der Waals surface area contributed by atoms with Crippen LogP contribution in [0.25, 0.3) is 0 Å². The molecule has 1 aliphatic heterocycles. The molecule has 5 nitrogen and oxygen atoms in total. The maximum absolute atomic E-state index is 12.7. The standard InChI is InChI=1S/C20H30O5S/c1-3-4-5-7-10-17-13-14-19(24-16(2)21)20(25-17)15-26(22,23)18-11-8-6-9-12-18/h6,8-9,11-12,17,19-20H,3-5,7,10,13-15H2,1-2H3/t17-,19-,20+/m1/s1. The molecule has 0 N–H and O–H groups in total. The molecule has 0 saturated carbocycles. The van der Waals surface area contributed by atoms with E-state index in [1.54, 1.807) is 30.3 Å². The average Bonchev–Trinajstić information content (AvgIpc) is 2.61. The largest absolute Gasteiger partial charge is 0.460 e. The molecule has 3 atom stereocenters. The van der Waals surface area contributed by atoms with Crippen LogP contribution in [-0.2, 0) is 24.1 Å². The predicted molar refractivity (Wildman–Crippen MR) is 101 cm³/mol. The first-order valence-corrected chi connectivity index (χ1v) is 11.2. The van der Waals surface area contributed by atoms with Crippen molar-refractivity contribution < 1.29 is 22.7 Å². The molecular weight excluding hydrogens is 352 g/mol. The zero-order valence-corrected chi connectivity index (χ0v) is 16.5. The third kappa shape index (κ3) is 6.40. The molecule has 0 bridgehead atoms. The monoisotopic (exact) mass is 382 g/mol. The van der Waals surface area contributed by atoms with Crippen molar-refractivity contribution in [2.75, 3.05) is 5.75 Å². The molecule has 0 aromatic heterocycles. The third-order valence-electron chi connectivity index (χ3n) is 4.74. The van der Waals surface area contributed by atoms with Gasteiger partial charge in [0.05, 0.1) is 16.8 Å². The first-order valence-electron chi connectivity index (χ1n) is 9.53. The Balaban J connectivity index is 2.04. The van der Waals surface area contributed by atoms with Crippen LogP contribution in [0.1, 0.15) is 58.8 Å². The molecule has 6 heteroatoms.